The highest BCUT2D eigenvalue weighted by atomic mass is 35.5. The lowest BCUT2D eigenvalue weighted by molar-refractivity contribution is 0.102. The molecule has 27 heavy (non-hydrogen) atoms. The van der Waals surface area contributed by atoms with Crippen LogP contribution in [0.2, 0.25) is 5.02 Å². The fraction of sp³-hybridized carbons (Fsp3) is 0.381. The van der Waals surface area contributed by atoms with Gasteiger partial charge in [0.15, 0.2) is 0 Å². The van der Waals surface area contributed by atoms with Crippen LogP contribution in [0.25, 0.3) is 0 Å². The molecule has 1 fully saturated rings. The van der Waals surface area contributed by atoms with Gasteiger partial charge in [-0.05, 0) is 49.6 Å². The molecular weight excluding hydrogens is 362 g/mol. The Morgan fingerprint density at radius 3 is 2.67 bits per heavy atom. The summed E-state index contributed by atoms with van der Waals surface area (Å²) in [6, 6.07) is 13.2. The maximum absolute atomic E-state index is 12.7. The van der Waals surface area contributed by atoms with Gasteiger partial charge in [0, 0.05) is 37.1 Å². The summed E-state index contributed by atoms with van der Waals surface area (Å²) in [6.07, 6.45) is 2.39. The number of para-hydroxylation sites is 1. The van der Waals surface area contributed by atoms with E-state index in [1.54, 1.807) is 6.07 Å². The smallest absolute Gasteiger partial charge is 0.257 e. The van der Waals surface area contributed by atoms with Crippen molar-refractivity contribution in [2.45, 2.75) is 32.4 Å². The van der Waals surface area contributed by atoms with Crippen LogP contribution in [0, 0.1) is 0 Å². The zero-order chi connectivity index (χ0) is 19.2. The number of anilines is 2. The third-order valence-corrected chi connectivity index (χ3v) is 5.16. The molecule has 0 radical (unpaired) electrons. The molecule has 144 valence electrons. The van der Waals surface area contributed by atoms with Crippen LogP contribution in [0.1, 0.15) is 35.7 Å². The van der Waals surface area contributed by atoms with Crippen LogP contribution in [0.4, 0.5) is 11.4 Å². The van der Waals surface area contributed by atoms with Crippen molar-refractivity contribution in [3.8, 4) is 0 Å². The number of nitrogens with one attached hydrogen (secondary N) is 2. The summed E-state index contributed by atoms with van der Waals surface area (Å²) in [6.45, 7) is 4.60. The third-order valence-electron chi connectivity index (χ3n) is 4.85. The second kappa shape index (κ2) is 9.22. The van der Waals surface area contributed by atoms with E-state index in [1.165, 1.54) is 12.8 Å². The molecule has 1 amide bonds. The van der Waals surface area contributed by atoms with E-state index in [4.69, 9.17) is 16.7 Å². The molecular formula is C21H26ClN3O2. The fourth-order valence-corrected chi connectivity index (χ4v) is 3.46. The van der Waals surface area contributed by atoms with Gasteiger partial charge in [-0.3, -0.25) is 4.79 Å². The predicted molar refractivity (Wildman–Crippen MR) is 111 cm³/mol. The first kappa shape index (κ1) is 19.7. The maximum Gasteiger partial charge on any atom is 0.257 e. The standard InChI is InChI=1S/C21H26ClN3O2/c1-15(14-26)23-13-16-6-2-3-7-20(16)24-21(27)18-9-8-17(12-19(18)22)25-10-4-5-11-25/h2-3,6-9,12,15,23,26H,4-5,10-11,13-14H2,1H3,(H,24,27)/t15-/m1/s1. The number of hydrogen-bond donors (Lipinski definition) is 3. The minimum atomic E-state index is -0.226. The highest BCUT2D eigenvalue weighted by Gasteiger charge is 2.17. The lowest BCUT2D eigenvalue weighted by Gasteiger charge is -2.19. The Morgan fingerprint density at radius 2 is 1.96 bits per heavy atom. The van der Waals surface area contributed by atoms with Crippen LogP contribution >= 0.6 is 11.6 Å². The summed E-state index contributed by atoms with van der Waals surface area (Å²) < 4.78 is 0. The average Bonchev–Trinajstić information content (AvgIpc) is 3.21. The summed E-state index contributed by atoms with van der Waals surface area (Å²) in [4.78, 5) is 15.0. The largest absolute Gasteiger partial charge is 0.395 e. The predicted octanol–water partition coefficient (Wildman–Crippen LogP) is 3.66. The lowest BCUT2D eigenvalue weighted by Crippen LogP contribution is -2.29. The second-order valence-electron chi connectivity index (χ2n) is 6.93. The van der Waals surface area contributed by atoms with Crippen LogP contribution < -0.4 is 15.5 Å². The number of rotatable bonds is 7. The van der Waals surface area contributed by atoms with Gasteiger partial charge in [0.1, 0.15) is 0 Å². The van der Waals surface area contributed by atoms with Gasteiger partial charge in [-0.2, -0.15) is 0 Å². The Bertz CT molecular complexity index is 791. The summed E-state index contributed by atoms with van der Waals surface area (Å²) in [5.41, 5.74) is 3.22. The molecule has 0 unspecified atom stereocenters. The number of benzene rings is 2. The van der Waals surface area contributed by atoms with E-state index in [2.05, 4.69) is 15.5 Å². The van der Waals surface area contributed by atoms with Crippen LogP contribution in [-0.2, 0) is 6.54 Å². The van der Waals surface area contributed by atoms with Crippen LogP contribution in [0.5, 0.6) is 0 Å². The Morgan fingerprint density at radius 1 is 1.22 bits per heavy atom. The van der Waals surface area contributed by atoms with Gasteiger partial charge in [0.25, 0.3) is 5.91 Å². The normalized spacial score (nSPS) is 15.0. The number of carbonyl (C=O) groups is 1. The van der Waals surface area contributed by atoms with Crippen molar-refractivity contribution in [1.29, 1.82) is 0 Å². The van der Waals surface area contributed by atoms with Crippen molar-refractivity contribution in [3.63, 3.8) is 0 Å². The van der Waals surface area contributed by atoms with E-state index in [-0.39, 0.29) is 18.6 Å². The molecule has 5 nitrogen and oxygen atoms in total. The minimum Gasteiger partial charge on any atom is -0.395 e. The molecule has 0 aromatic heterocycles. The first-order chi connectivity index (χ1) is 13.1. The van der Waals surface area contributed by atoms with Crippen molar-refractivity contribution >= 4 is 28.9 Å². The van der Waals surface area contributed by atoms with Gasteiger partial charge in [-0.1, -0.05) is 29.8 Å². The molecule has 3 N–H and O–H groups in total. The Labute approximate surface area is 165 Å². The Hall–Kier alpha value is -2.08. The summed E-state index contributed by atoms with van der Waals surface area (Å²) in [5.74, 6) is -0.226. The molecule has 0 spiro atoms. The molecule has 1 saturated heterocycles. The first-order valence-electron chi connectivity index (χ1n) is 9.36. The molecule has 1 atom stereocenters. The molecule has 1 aliphatic rings. The number of hydrogen-bond acceptors (Lipinski definition) is 4. The molecule has 1 aliphatic heterocycles. The number of carbonyl (C=O) groups excluding carboxylic acids is 1. The van der Waals surface area contributed by atoms with Gasteiger partial charge < -0.3 is 20.6 Å². The number of nitrogens with zero attached hydrogens (tertiary/aromatic N) is 1. The molecule has 2 aromatic rings. The molecule has 0 bridgehead atoms. The van der Waals surface area contributed by atoms with Crippen molar-refractivity contribution in [3.05, 3.63) is 58.6 Å². The van der Waals surface area contributed by atoms with Crippen molar-refractivity contribution in [2.24, 2.45) is 0 Å². The SMILES string of the molecule is C[C@H](CO)NCc1ccccc1NC(=O)c1ccc(N2CCCC2)cc1Cl. The van der Waals surface area contributed by atoms with Gasteiger partial charge in [-0.15, -0.1) is 0 Å². The highest BCUT2D eigenvalue weighted by Crippen LogP contribution is 2.27. The van der Waals surface area contributed by atoms with E-state index < -0.39 is 0 Å². The second-order valence-corrected chi connectivity index (χ2v) is 7.34. The molecule has 6 heteroatoms. The van der Waals surface area contributed by atoms with Crippen molar-refractivity contribution in [2.75, 3.05) is 29.9 Å². The van der Waals surface area contributed by atoms with Gasteiger partial charge in [0.05, 0.1) is 17.2 Å². The van der Waals surface area contributed by atoms with Crippen molar-refractivity contribution in [1.82, 2.24) is 5.32 Å². The van der Waals surface area contributed by atoms with E-state index in [9.17, 15) is 4.79 Å². The molecule has 2 aromatic carbocycles. The number of aliphatic hydroxyl groups excluding tert-OH is 1. The average molecular weight is 388 g/mol. The third kappa shape index (κ3) is 5.01. The molecule has 0 saturated carbocycles. The van der Waals surface area contributed by atoms with E-state index in [0.717, 1.165) is 30.0 Å². The highest BCUT2D eigenvalue weighted by molar-refractivity contribution is 6.34. The van der Waals surface area contributed by atoms with Crippen molar-refractivity contribution < 1.29 is 9.90 Å². The van der Waals surface area contributed by atoms with Crippen LogP contribution in [0.15, 0.2) is 42.5 Å². The summed E-state index contributed by atoms with van der Waals surface area (Å²) in [7, 11) is 0. The number of aliphatic hydroxyl groups is 1. The number of amides is 1. The topological polar surface area (TPSA) is 64.6 Å². The summed E-state index contributed by atoms with van der Waals surface area (Å²) >= 11 is 6.40. The minimum absolute atomic E-state index is 0.0127. The van der Waals surface area contributed by atoms with Crippen LogP contribution in [-0.4, -0.2) is 36.8 Å². The number of halogens is 1. The van der Waals surface area contributed by atoms with E-state index in [0.29, 0.717) is 17.1 Å². The Kier molecular flexibility index (Phi) is 6.72. The van der Waals surface area contributed by atoms with Crippen LogP contribution in [0.3, 0.4) is 0 Å². The van der Waals surface area contributed by atoms with Gasteiger partial charge in [0.2, 0.25) is 0 Å². The Balaban J connectivity index is 1.72. The monoisotopic (exact) mass is 387 g/mol. The van der Waals surface area contributed by atoms with E-state index in [1.807, 2.05) is 43.3 Å². The first-order valence-corrected chi connectivity index (χ1v) is 9.74. The zero-order valence-corrected chi connectivity index (χ0v) is 16.3. The van der Waals surface area contributed by atoms with Gasteiger partial charge in [-0.25, -0.2) is 0 Å². The van der Waals surface area contributed by atoms with E-state index >= 15 is 0 Å². The summed E-state index contributed by atoms with van der Waals surface area (Å²) in [5, 5.41) is 15.8. The zero-order valence-electron chi connectivity index (χ0n) is 15.5. The molecule has 3 rings (SSSR count). The lowest BCUT2D eigenvalue weighted by atomic mass is 10.1. The molecule has 0 aliphatic carbocycles. The quantitative estimate of drug-likeness (QED) is 0.678. The fourth-order valence-electron chi connectivity index (χ4n) is 3.19. The van der Waals surface area contributed by atoms with Gasteiger partial charge >= 0.3 is 0 Å². The maximum atomic E-state index is 12.7. The molecule has 1 heterocycles.